The molecule has 0 atom stereocenters. The Morgan fingerprint density at radius 2 is 1.86 bits per heavy atom. The first-order chi connectivity index (χ1) is 9.97. The second-order valence-electron chi connectivity index (χ2n) is 4.17. The first-order valence-electron chi connectivity index (χ1n) is 5.89. The lowest BCUT2D eigenvalue weighted by Gasteiger charge is -1.99. The summed E-state index contributed by atoms with van der Waals surface area (Å²) in [7, 11) is 0. The van der Waals surface area contributed by atoms with Gasteiger partial charge in [-0.1, -0.05) is 34.1 Å². The number of hydrogen-bond donors (Lipinski definition) is 0. The molecule has 0 aromatic heterocycles. The number of carbonyl (C=O) groups excluding carboxylic acids is 1. The van der Waals surface area contributed by atoms with E-state index < -0.39 is 16.5 Å². The van der Waals surface area contributed by atoms with Crippen LogP contribution in [0.25, 0.3) is 6.08 Å². The van der Waals surface area contributed by atoms with Crippen LogP contribution in [0.2, 0.25) is 0 Å². The first-order valence-corrected chi connectivity index (χ1v) is 6.68. The van der Waals surface area contributed by atoms with Crippen LogP contribution in [0, 0.1) is 15.9 Å². The van der Waals surface area contributed by atoms with E-state index in [4.69, 9.17) is 0 Å². The molecule has 21 heavy (non-hydrogen) atoms. The van der Waals surface area contributed by atoms with Gasteiger partial charge in [0.05, 0.1) is 16.6 Å². The van der Waals surface area contributed by atoms with E-state index in [0.29, 0.717) is 0 Å². The molecule has 0 N–H and O–H groups in total. The Labute approximate surface area is 128 Å². The number of non-ortho nitro benzene ring substituents is 1. The van der Waals surface area contributed by atoms with Crippen LogP contribution >= 0.6 is 15.9 Å². The highest BCUT2D eigenvalue weighted by Gasteiger charge is 2.14. The molecule has 0 saturated heterocycles. The Morgan fingerprint density at radius 3 is 2.43 bits per heavy atom. The Morgan fingerprint density at radius 1 is 1.19 bits per heavy atom. The van der Waals surface area contributed by atoms with E-state index in [9.17, 15) is 19.3 Å². The minimum Gasteiger partial charge on any atom is -0.289 e. The molecule has 0 bridgehead atoms. The van der Waals surface area contributed by atoms with Crippen molar-refractivity contribution in [1.29, 1.82) is 0 Å². The summed E-state index contributed by atoms with van der Waals surface area (Å²) in [6, 6.07) is 10.2. The maximum absolute atomic E-state index is 13.7. The van der Waals surface area contributed by atoms with Crippen molar-refractivity contribution in [3.8, 4) is 0 Å². The topological polar surface area (TPSA) is 60.2 Å². The van der Waals surface area contributed by atoms with E-state index in [1.807, 2.05) is 12.1 Å². The molecule has 2 aromatic carbocycles. The van der Waals surface area contributed by atoms with Crippen molar-refractivity contribution in [2.75, 3.05) is 0 Å². The molecule has 0 saturated carbocycles. The highest BCUT2D eigenvalue weighted by atomic mass is 79.9. The van der Waals surface area contributed by atoms with Crippen molar-refractivity contribution in [1.82, 2.24) is 0 Å². The summed E-state index contributed by atoms with van der Waals surface area (Å²) in [5.74, 6) is -1.46. The first kappa shape index (κ1) is 15.1. The Kier molecular flexibility index (Phi) is 4.59. The quantitative estimate of drug-likeness (QED) is 0.356. The maximum atomic E-state index is 13.7. The fourth-order valence-electron chi connectivity index (χ4n) is 1.65. The van der Waals surface area contributed by atoms with Crippen molar-refractivity contribution >= 4 is 33.5 Å². The molecule has 2 aromatic rings. The van der Waals surface area contributed by atoms with Gasteiger partial charge in [0.25, 0.3) is 5.69 Å². The molecule has 0 aliphatic rings. The predicted molar refractivity (Wildman–Crippen MR) is 80.6 cm³/mol. The van der Waals surface area contributed by atoms with Gasteiger partial charge in [0.15, 0.2) is 5.78 Å². The molecule has 6 heteroatoms. The largest absolute Gasteiger partial charge is 0.289 e. The Hall–Kier alpha value is -2.34. The second kappa shape index (κ2) is 6.41. The molecule has 0 amide bonds. The second-order valence-corrected chi connectivity index (χ2v) is 5.09. The summed E-state index contributed by atoms with van der Waals surface area (Å²) in [6.45, 7) is 0. The fraction of sp³-hybridized carbons (Fsp3) is 0. The number of carbonyl (C=O) groups is 1. The third kappa shape index (κ3) is 3.82. The van der Waals surface area contributed by atoms with Crippen LogP contribution in [0.3, 0.4) is 0 Å². The van der Waals surface area contributed by atoms with E-state index in [-0.39, 0.29) is 11.3 Å². The van der Waals surface area contributed by atoms with Gasteiger partial charge in [0.1, 0.15) is 5.82 Å². The van der Waals surface area contributed by atoms with Crippen molar-refractivity contribution in [3.05, 3.63) is 80.1 Å². The van der Waals surface area contributed by atoms with Gasteiger partial charge in [-0.25, -0.2) is 4.39 Å². The van der Waals surface area contributed by atoms with Crippen LogP contribution in [0.5, 0.6) is 0 Å². The number of nitrogens with zero attached hydrogens (tertiary/aromatic N) is 1. The lowest BCUT2D eigenvalue weighted by Crippen LogP contribution is -2.00. The van der Waals surface area contributed by atoms with E-state index in [1.54, 1.807) is 18.2 Å². The van der Waals surface area contributed by atoms with Gasteiger partial charge in [-0.15, -0.1) is 0 Å². The molecule has 0 spiro atoms. The highest BCUT2D eigenvalue weighted by Crippen LogP contribution is 2.18. The predicted octanol–water partition coefficient (Wildman–Crippen LogP) is 4.39. The smallest absolute Gasteiger partial charge is 0.272 e. The molecule has 0 heterocycles. The van der Waals surface area contributed by atoms with Gasteiger partial charge in [0.2, 0.25) is 0 Å². The minimum atomic E-state index is -0.908. The summed E-state index contributed by atoms with van der Waals surface area (Å²) in [5, 5.41) is 10.5. The van der Waals surface area contributed by atoms with Gasteiger partial charge in [-0.3, -0.25) is 14.9 Å². The van der Waals surface area contributed by atoms with E-state index in [2.05, 4.69) is 15.9 Å². The SMILES string of the molecule is O=C(C=Cc1ccc(Br)cc1)c1ccc([N+](=O)[O-])cc1F. The zero-order valence-electron chi connectivity index (χ0n) is 10.6. The van der Waals surface area contributed by atoms with Crippen LogP contribution in [0.15, 0.2) is 53.0 Å². The molecular weight excluding hydrogens is 341 g/mol. The number of benzene rings is 2. The lowest BCUT2D eigenvalue weighted by molar-refractivity contribution is -0.385. The maximum Gasteiger partial charge on any atom is 0.272 e. The molecule has 2 rings (SSSR count). The molecule has 0 fully saturated rings. The highest BCUT2D eigenvalue weighted by molar-refractivity contribution is 9.10. The van der Waals surface area contributed by atoms with E-state index in [0.717, 1.165) is 28.2 Å². The number of hydrogen-bond acceptors (Lipinski definition) is 3. The molecule has 4 nitrogen and oxygen atoms in total. The summed E-state index contributed by atoms with van der Waals surface area (Å²) >= 11 is 3.29. The van der Waals surface area contributed by atoms with Crippen molar-refractivity contribution in [2.24, 2.45) is 0 Å². The third-order valence-corrected chi connectivity index (χ3v) is 3.25. The van der Waals surface area contributed by atoms with Gasteiger partial charge < -0.3 is 0 Å². The summed E-state index contributed by atoms with van der Waals surface area (Å²) < 4.78 is 14.6. The lowest BCUT2D eigenvalue weighted by atomic mass is 10.1. The average molecular weight is 350 g/mol. The number of nitro benzene ring substituents is 1. The third-order valence-electron chi connectivity index (χ3n) is 2.73. The van der Waals surface area contributed by atoms with Gasteiger partial charge >= 0.3 is 0 Å². The molecule has 0 radical (unpaired) electrons. The summed E-state index contributed by atoms with van der Waals surface area (Å²) in [4.78, 5) is 21.7. The van der Waals surface area contributed by atoms with Gasteiger partial charge in [0, 0.05) is 10.5 Å². The minimum absolute atomic E-state index is 0.200. The van der Waals surface area contributed by atoms with Crippen LogP contribution in [0.4, 0.5) is 10.1 Å². The Balaban J connectivity index is 2.20. The van der Waals surface area contributed by atoms with Crippen molar-refractivity contribution < 1.29 is 14.1 Å². The molecule has 106 valence electrons. The standard InChI is InChI=1S/C15H9BrFNO3/c16-11-4-1-10(2-5-11)3-8-15(19)13-7-6-12(18(20)21)9-14(13)17/h1-9H. The van der Waals surface area contributed by atoms with Crippen LogP contribution in [0.1, 0.15) is 15.9 Å². The Bertz CT molecular complexity index is 726. The van der Waals surface area contributed by atoms with E-state index >= 15 is 0 Å². The van der Waals surface area contributed by atoms with Crippen LogP contribution in [-0.4, -0.2) is 10.7 Å². The molecule has 0 aliphatic heterocycles. The summed E-state index contributed by atoms with van der Waals surface area (Å²) in [5.41, 5.74) is 0.198. The molecule has 0 unspecified atom stereocenters. The molecular formula is C15H9BrFNO3. The zero-order chi connectivity index (χ0) is 15.4. The van der Waals surface area contributed by atoms with Gasteiger partial charge in [-0.05, 0) is 29.8 Å². The van der Waals surface area contributed by atoms with Crippen molar-refractivity contribution in [2.45, 2.75) is 0 Å². The van der Waals surface area contributed by atoms with Gasteiger partial charge in [-0.2, -0.15) is 0 Å². The van der Waals surface area contributed by atoms with Crippen LogP contribution < -0.4 is 0 Å². The normalized spacial score (nSPS) is 10.8. The number of allylic oxidation sites excluding steroid dienone is 1. The van der Waals surface area contributed by atoms with Crippen LogP contribution in [-0.2, 0) is 0 Å². The molecule has 0 aliphatic carbocycles. The fourth-order valence-corrected chi connectivity index (χ4v) is 1.92. The average Bonchev–Trinajstić information content (AvgIpc) is 2.46. The monoisotopic (exact) mass is 349 g/mol. The van der Waals surface area contributed by atoms with E-state index in [1.165, 1.54) is 6.08 Å². The number of rotatable bonds is 4. The number of ketones is 1. The summed E-state index contributed by atoms with van der Waals surface area (Å²) in [6.07, 6.45) is 2.78. The number of halogens is 2. The number of nitro groups is 1. The zero-order valence-corrected chi connectivity index (χ0v) is 12.2. The van der Waals surface area contributed by atoms with Crippen molar-refractivity contribution in [3.63, 3.8) is 0 Å².